The predicted octanol–water partition coefficient (Wildman–Crippen LogP) is 3.85. The van der Waals surface area contributed by atoms with Crippen molar-refractivity contribution < 1.29 is 13.7 Å². The minimum Gasteiger partial charge on any atom is -0.334 e. The molecule has 0 spiro atoms. The smallest absolute Gasteiger partial charge is 0.274 e. The van der Waals surface area contributed by atoms with Gasteiger partial charge in [-0.2, -0.15) is 10.2 Å². The SMILES string of the molecule is N#Cc1cccc(NC(=O)Cn2cccc2-c2nc(-c3ccc(F)cc3)no2)c1. The Morgan fingerprint density at radius 1 is 1.17 bits per heavy atom. The number of nitrogens with zero attached hydrogens (tertiary/aromatic N) is 4. The number of anilines is 1. The van der Waals surface area contributed by atoms with Crippen LogP contribution in [0.5, 0.6) is 0 Å². The Bertz CT molecular complexity index is 1200. The average molecular weight is 387 g/mol. The number of amides is 1. The molecule has 2 heterocycles. The molecule has 0 radical (unpaired) electrons. The van der Waals surface area contributed by atoms with Gasteiger partial charge in [-0.15, -0.1) is 0 Å². The summed E-state index contributed by atoms with van der Waals surface area (Å²) in [6, 6.07) is 18.0. The van der Waals surface area contributed by atoms with Gasteiger partial charge in [0, 0.05) is 17.4 Å². The van der Waals surface area contributed by atoms with Crippen LogP contribution in [0.4, 0.5) is 10.1 Å². The normalized spacial score (nSPS) is 10.5. The monoisotopic (exact) mass is 387 g/mol. The molecule has 0 fully saturated rings. The van der Waals surface area contributed by atoms with Crippen LogP contribution in [0.15, 0.2) is 71.4 Å². The molecule has 0 atom stereocenters. The van der Waals surface area contributed by atoms with Crippen LogP contribution in [0.2, 0.25) is 0 Å². The Kier molecular flexibility index (Phi) is 4.86. The molecule has 2 aromatic carbocycles. The van der Waals surface area contributed by atoms with Crippen LogP contribution < -0.4 is 5.32 Å². The molecule has 2 aromatic heterocycles. The van der Waals surface area contributed by atoms with Gasteiger partial charge in [-0.05, 0) is 54.6 Å². The number of rotatable bonds is 5. The van der Waals surface area contributed by atoms with Gasteiger partial charge < -0.3 is 14.4 Å². The van der Waals surface area contributed by atoms with Gasteiger partial charge in [0.05, 0.1) is 11.6 Å². The first-order valence-corrected chi connectivity index (χ1v) is 8.67. The van der Waals surface area contributed by atoms with Crippen molar-refractivity contribution in [3.8, 4) is 29.0 Å². The standard InChI is InChI=1S/C21H14FN5O2/c22-16-8-6-15(7-9-16)20-25-21(29-26-20)18-5-2-10-27(18)13-19(28)24-17-4-1-3-14(11-17)12-23/h1-11H,13H2,(H,24,28). The van der Waals surface area contributed by atoms with Gasteiger partial charge in [0.15, 0.2) is 0 Å². The van der Waals surface area contributed by atoms with Crippen molar-refractivity contribution in [2.45, 2.75) is 6.54 Å². The van der Waals surface area contributed by atoms with Crippen LogP contribution in [0.1, 0.15) is 5.56 Å². The third kappa shape index (κ3) is 4.04. The molecule has 0 unspecified atom stereocenters. The van der Waals surface area contributed by atoms with Gasteiger partial charge in [0.25, 0.3) is 5.89 Å². The van der Waals surface area contributed by atoms with Crippen molar-refractivity contribution in [3.63, 3.8) is 0 Å². The maximum Gasteiger partial charge on any atom is 0.274 e. The number of benzene rings is 2. The van der Waals surface area contributed by atoms with Crippen molar-refractivity contribution in [2.75, 3.05) is 5.32 Å². The van der Waals surface area contributed by atoms with Crippen LogP contribution in [0, 0.1) is 17.1 Å². The molecule has 0 aliphatic carbocycles. The van der Waals surface area contributed by atoms with E-state index in [0.717, 1.165) is 0 Å². The zero-order valence-electron chi connectivity index (χ0n) is 15.0. The van der Waals surface area contributed by atoms with Crippen LogP contribution in [-0.2, 0) is 11.3 Å². The molecular weight excluding hydrogens is 373 g/mol. The summed E-state index contributed by atoms with van der Waals surface area (Å²) < 4.78 is 20.1. The van der Waals surface area contributed by atoms with E-state index < -0.39 is 0 Å². The van der Waals surface area contributed by atoms with Crippen LogP contribution in [0.25, 0.3) is 23.0 Å². The fraction of sp³-hybridized carbons (Fsp3) is 0.0476. The Balaban J connectivity index is 1.51. The number of halogens is 1. The number of carbonyl (C=O) groups excluding carboxylic acids is 1. The molecule has 0 aliphatic rings. The van der Waals surface area contributed by atoms with E-state index in [2.05, 4.69) is 15.5 Å². The molecule has 1 amide bonds. The lowest BCUT2D eigenvalue weighted by molar-refractivity contribution is -0.116. The molecule has 8 heteroatoms. The maximum atomic E-state index is 13.1. The van der Waals surface area contributed by atoms with Crippen molar-refractivity contribution in [3.05, 3.63) is 78.2 Å². The quantitative estimate of drug-likeness (QED) is 0.561. The van der Waals surface area contributed by atoms with Crippen molar-refractivity contribution in [1.29, 1.82) is 5.26 Å². The molecule has 4 aromatic rings. The summed E-state index contributed by atoms with van der Waals surface area (Å²) in [5.74, 6) is -0.0485. The zero-order chi connectivity index (χ0) is 20.2. The molecular formula is C21H14FN5O2. The number of hydrogen-bond acceptors (Lipinski definition) is 5. The lowest BCUT2D eigenvalue weighted by Crippen LogP contribution is -2.18. The highest BCUT2D eigenvalue weighted by atomic mass is 19.1. The van der Waals surface area contributed by atoms with Crippen molar-refractivity contribution in [2.24, 2.45) is 0 Å². The molecule has 1 N–H and O–H groups in total. The van der Waals surface area contributed by atoms with E-state index in [0.29, 0.717) is 28.3 Å². The zero-order valence-corrected chi connectivity index (χ0v) is 15.0. The summed E-state index contributed by atoms with van der Waals surface area (Å²) in [5, 5.41) is 15.6. The molecule has 0 aliphatic heterocycles. The van der Waals surface area contributed by atoms with Gasteiger partial charge in [0.2, 0.25) is 11.7 Å². The number of aromatic nitrogens is 3. The number of carbonyl (C=O) groups is 1. The first-order valence-electron chi connectivity index (χ1n) is 8.67. The Morgan fingerprint density at radius 3 is 2.79 bits per heavy atom. The summed E-state index contributed by atoms with van der Waals surface area (Å²) >= 11 is 0. The second-order valence-corrected chi connectivity index (χ2v) is 6.19. The predicted molar refractivity (Wildman–Crippen MR) is 103 cm³/mol. The highest BCUT2D eigenvalue weighted by Crippen LogP contribution is 2.23. The fourth-order valence-corrected chi connectivity index (χ4v) is 2.81. The molecule has 0 bridgehead atoms. The minimum absolute atomic E-state index is 0.0212. The lowest BCUT2D eigenvalue weighted by Gasteiger charge is -2.08. The van der Waals surface area contributed by atoms with E-state index in [1.807, 2.05) is 6.07 Å². The highest BCUT2D eigenvalue weighted by molar-refractivity contribution is 5.91. The third-order valence-electron chi connectivity index (χ3n) is 4.17. The summed E-state index contributed by atoms with van der Waals surface area (Å²) in [6.07, 6.45) is 1.72. The molecule has 29 heavy (non-hydrogen) atoms. The van der Waals surface area contributed by atoms with Gasteiger partial charge in [-0.25, -0.2) is 4.39 Å². The van der Waals surface area contributed by atoms with Gasteiger partial charge in [-0.3, -0.25) is 4.79 Å². The largest absolute Gasteiger partial charge is 0.334 e. The first-order chi connectivity index (χ1) is 14.1. The molecule has 7 nitrogen and oxygen atoms in total. The van der Waals surface area contributed by atoms with Crippen molar-refractivity contribution >= 4 is 11.6 Å². The molecule has 4 rings (SSSR count). The third-order valence-corrected chi connectivity index (χ3v) is 4.17. The first kappa shape index (κ1) is 18.1. The lowest BCUT2D eigenvalue weighted by atomic mass is 10.2. The van der Waals surface area contributed by atoms with E-state index in [9.17, 15) is 9.18 Å². The van der Waals surface area contributed by atoms with E-state index in [1.54, 1.807) is 59.3 Å². The van der Waals surface area contributed by atoms with E-state index >= 15 is 0 Å². The second-order valence-electron chi connectivity index (χ2n) is 6.19. The second kappa shape index (κ2) is 7.78. The summed E-state index contributed by atoms with van der Waals surface area (Å²) in [4.78, 5) is 16.7. The molecule has 0 saturated carbocycles. The van der Waals surface area contributed by atoms with Crippen molar-refractivity contribution in [1.82, 2.24) is 14.7 Å². The Hall–Kier alpha value is -4.25. The van der Waals surface area contributed by atoms with Gasteiger partial charge in [0.1, 0.15) is 18.1 Å². The number of hydrogen-bond donors (Lipinski definition) is 1. The van der Waals surface area contributed by atoms with Crippen LogP contribution in [-0.4, -0.2) is 20.6 Å². The van der Waals surface area contributed by atoms with Gasteiger partial charge >= 0.3 is 0 Å². The fourth-order valence-electron chi connectivity index (χ4n) is 2.81. The molecule has 0 saturated heterocycles. The number of nitriles is 1. The maximum absolute atomic E-state index is 13.1. The highest BCUT2D eigenvalue weighted by Gasteiger charge is 2.15. The van der Waals surface area contributed by atoms with E-state index in [4.69, 9.17) is 9.78 Å². The summed E-state index contributed by atoms with van der Waals surface area (Å²) in [7, 11) is 0. The van der Waals surface area contributed by atoms with Crippen LogP contribution >= 0.6 is 0 Å². The summed E-state index contributed by atoms with van der Waals surface area (Å²) in [5.41, 5.74) is 2.20. The minimum atomic E-state index is -0.349. The van der Waals surface area contributed by atoms with E-state index in [1.165, 1.54) is 12.1 Å². The Morgan fingerprint density at radius 2 is 2.00 bits per heavy atom. The van der Waals surface area contributed by atoms with Crippen LogP contribution in [0.3, 0.4) is 0 Å². The Labute approximate surface area is 165 Å². The topological polar surface area (TPSA) is 96.7 Å². The summed E-state index contributed by atoms with van der Waals surface area (Å²) in [6.45, 7) is 0.0212. The van der Waals surface area contributed by atoms with E-state index in [-0.39, 0.29) is 24.2 Å². The average Bonchev–Trinajstić information content (AvgIpc) is 3.38. The molecule has 142 valence electrons. The number of nitrogens with one attached hydrogen (secondary N) is 1. The van der Waals surface area contributed by atoms with Gasteiger partial charge in [-0.1, -0.05) is 11.2 Å².